The molecule has 0 amide bonds. The molecule has 0 aliphatic heterocycles. The maximum absolute atomic E-state index is 10.6. The third kappa shape index (κ3) is 2.73. The zero-order valence-electron chi connectivity index (χ0n) is 5.59. The molecule has 0 atom stereocenters. The molecule has 2 nitrogen and oxygen atoms in total. The van der Waals surface area contributed by atoms with Crippen molar-refractivity contribution in [2.75, 3.05) is 0 Å². The van der Waals surface area contributed by atoms with Gasteiger partial charge in [0.15, 0.2) is 0 Å². The highest BCUT2D eigenvalue weighted by atomic mass is 16.5. The molecule has 0 aromatic heterocycles. The first kappa shape index (κ1) is 8.51. The normalized spacial score (nSPS) is 7.50. The second-order valence-corrected chi connectivity index (χ2v) is 1.56. The van der Waals surface area contributed by atoms with Gasteiger partial charge in [-0.25, -0.2) is 4.79 Å². The van der Waals surface area contributed by atoms with Crippen molar-refractivity contribution in [3.05, 3.63) is 25.0 Å². The van der Waals surface area contributed by atoms with E-state index in [1.807, 2.05) is 0 Å². The fraction of sp³-hybridized carbons (Fsp3) is 0.125. The molecule has 0 saturated carbocycles. The van der Waals surface area contributed by atoms with Crippen molar-refractivity contribution in [3.63, 3.8) is 0 Å². The van der Waals surface area contributed by atoms with Crippen LogP contribution < -0.4 is 0 Å². The number of carbonyl (C=O) groups is 1. The number of ether oxygens (including phenoxy) is 1. The summed E-state index contributed by atoms with van der Waals surface area (Å²) in [5.74, 6) is 1.75. The molecule has 0 aliphatic rings. The molecule has 2 heteroatoms. The number of rotatable bonds is 3. The van der Waals surface area contributed by atoms with Crippen molar-refractivity contribution in [2.45, 2.75) is 6.42 Å². The highest BCUT2D eigenvalue weighted by Gasteiger charge is 2.03. The van der Waals surface area contributed by atoms with Crippen LogP contribution in [-0.2, 0) is 9.53 Å². The first-order valence-electron chi connectivity index (χ1n) is 2.65. The molecule has 0 aliphatic carbocycles. The number of esters is 1. The second-order valence-electron chi connectivity index (χ2n) is 1.56. The van der Waals surface area contributed by atoms with Gasteiger partial charge in [-0.1, -0.05) is 13.2 Å². The molecule has 0 unspecified atom stereocenters. The van der Waals surface area contributed by atoms with Crippen LogP contribution in [0, 0.1) is 12.3 Å². The number of carbonyl (C=O) groups excluding carboxylic acids is 1. The smallest absolute Gasteiger partial charge is 0.339 e. The van der Waals surface area contributed by atoms with Gasteiger partial charge in [0.2, 0.25) is 0 Å². The fourth-order valence-corrected chi connectivity index (χ4v) is 0.354. The van der Waals surface area contributed by atoms with Gasteiger partial charge in [-0.3, -0.25) is 0 Å². The average molecular weight is 136 g/mol. The molecule has 0 aromatic carbocycles. The number of hydrogen-bond donors (Lipinski definition) is 0. The van der Waals surface area contributed by atoms with Crippen LogP contribution in [-0.4, -0.2) is 5.97 Å². The summed E-state index contributed by atoms with van der Waals surface area (Å²) >= 11 is 0. The van der Waals surface area contributed by atoms with E-state index in [0.29, 0.717) is 0 Å². The predicted octanol–water partition coefficient (Wildman–Crippen LogP) is 1.25. The van der Waals surface area contributed by atoms with E-state index in [9.17, 15) is 4.79 Å². The summed E-state index contributed by atoms with van der Waals surface area (Å²) in [6.07, 6.45) is 6.18. The van der Waals surface area contributed by atoms with E-state index in [1.165, 1.54) is 0 Å². The lowest BCUT2D eigenvalue weighted by Gasteiger charge is -1.96. The summed E-state index contributed by atoms with van der Waals surface area (Å²) in [6, 6.07) is 0. The van der Waals surface area contributed by atoms with Crippen LogP contribution in [0.1, 0.15) is 6.42 Å². The standard InChI is InChI=1S/C8H8O2/c1-4-6-7(3)8(9)10-5-2/h1,5H,2-3,6H2. The summed E-state index contributed by atoms with van der Waals surface area (Å²) in [7, 11) is 0. The predicted molar refractivity (Wildman–Crippen MR) is 38.9 cm³/mol. The lowest BCUT2D eigenvalue weighted by atomic mass is 10.2. The molecule has 52 valence electrons. The van der Waals surface area contributed by atoms with Crippen LogP contribution in [0.25, 0.3) is 0 Å². The molecular weight excluding hydrogens is 128 g/mol. The Morgan fingerprint density at radius 1 is 1.80 bits per heavy atom. The van der Waals surface area contributed by atoms with E-state index in [0.717, 1.165) is 6.26 Å². The fourth-order valence-electron chi connectivity index (χ4n) is 0.354. The first-order chi connectivity index (χ1) is 4.72. The second kappa shape index (κ2) is 4.39. The lowest BCUT2D eigenvalue weighted by Crippen LogP contribution is -2.01. The minimum atomic E-state index is -0.520. The molecule has 0 aromatic rings. The van der Waals surface area contributed by atoms with Crippen LogP contribution >= 0.6 is 0 Å². The van der Waals surface area contributed by atoms with E-state index in [1.54, 1.807) is 0 Å². The van der Waals surface area contributed by atoms with Gasteiger partial charge in [-0.2, -0.15) is 0 Å². The first-order valence-corrected chi connectivity index (χ1v) is 2.65. The van der Waals surface area contributed by atoms with Crippen molar-refractivity contribution < 1.29 is 9.53 Å². The molecule has 0 radical (unpaired) electrons. The summed E-state index contributed by atoms with van der Waals surface area (Å²) in [6.45, 7) is 6.61. The molecule has 0 fully saturated rings. The minimum absolute atomic E-state index is 0.215. The Kier molecular flexibility index (Phi) is 3.74. The SMILES string of the molecule is C#CCC(=C)C(=O)OC=C. The van der Waals surface area contributed by atoms with Crippen molar-refractivity contribution in [1.82, 2.24) is 0 Å². The highest BCUT2D eigenvalue weighted by molar-refractivity contribution is 5.88. The molecule has 0 saturated heterocycles. The van der Waals surface area contributed by atoms with E-state index >= 15 is 0 Å². The highest BCUT2D eigenvalue weighted by Crippen LogP contribution is 1.98. The Morgan fingerprint density at radius 2 is 2.40 bits per heavy atom. The Morgan fingerprint density at radius 3 is 2.80 bits per heavy atom. The average Bonchev–Trinajstić information content (AvgIpc) is 1.89. The molecule has 10 heavy (non-hydrogen) atoms. The van der Waals surface area contributed by atoms with Gasteiger partial charge in [0.25, 0.3) is 0 Å². The van der Waals surface area contributed by atoms with Crippen LogP contribution in [0.3, 0.4) is 0 Å². The van der Waals surface area contributed by atoms with E-state index in [2.05, 4.69) is 23.8 Å². The zero-order chi connectivity index (χ0) is 7.98. The topological polar surface area (TPSA) is 26.3 Å². The molecule has 0 N–H and O–H groups in total. The van der Waals surface area contributed by atoms with E-state index in [-0.39, 0.29) is 12.0 Å². The summed E-state index contributed by atoms with van der Waals surface area (Å²) in [5, 5.41) is 0. The summed E-state index contributed by atoms with van der Waals surface area (Å²) in [4.78, 5) is 10.6. The Hall–Kier alpha value is -1.49. The van der Waals surface area contributed by atoms with Crippen LogP contribution in [0.4, 0.5) is 0 Å². The third-order valence-electron chi connectivity index (χ3n) is 0.794. The minimum Gasteiger partial charge on any atom is -0.432 e. The molecule has 0 heterocycles. The van der Waals surface area contributed by atoms with Crippen LogP contribution in [0.15, 0.2) is 25.0 Å². The van der Waals surface area contributed by atoms with Crippen LogP contribution in [0.2, 0.25) is 0 Å². The molecule has 0 rings (SSSR count). The van der Waals surface area contributed by atoms with Gasteiger partial charge in [-0.05, 0) is 0 Å². The van der Waals surface area contributed by atoms with E-state index in [4.69, 9.17) is 6.42 Å². The van der Waals surface area contributed by atoms with E-state index < -0.39 is 5.97 Å². The van der Waals surface area contributed by atoms with Gasteiger partial charge in [-0.15, -0.1) is 12.3 Å². The maximum Gasteiger partial charge on any atom is 0.339 e. The van der Waals surface area contributed by atoms with Gasteiger partial charge < -0.3 is 4.74 Å². The van der Waals surface area contributed by atoms with Gasteiger partial charge in [0.1, 0.15) is 0 Å². The summed E-state index contributed by atoms with van der Waals surface area (Å²) < 4.78 is 4.39. The van der Waals surface area contributed by atoms with Crippen molar-refractivity contribution in [2.24, 2.45) is 0 Å². The van der Waals surface area contributed by atoms with Crippen LogP contribution in [0.5, 0.6) is 0 Å². The Labute approximate surface area is 60.2 Å². The molecule has 0 bridgehead atoms. The quantitative estimate of drug-likeness (QED) is 0.252. The van der Waals surface area contributed by atoms with Crippen molar-refractivity contribution >= 4 is 5.97 Å². The monoisotopic (exact) mass is 136 g/mol. The zero-order valence-corrected chi connectivity index (χ0v) is 5.59. The maximum atomic E-state index is 10.6. The third-order valence-corrected chi connectivity index (χ3v) is 0.794. The lowest BCUT2D eigenvalue weighted by molar-refractivity contribution is -0.133. The molecule has 0 spiro atoms. The number of hydrogen-bond acceptors (Lipinski definition) is 2. The van der Waals surface area contributed by atoms with Gasteiger partial charge in [0.05, 0.1) is 6.26 Å². The number of terminal acetylenes is 1. The summed E-state index contributed by atoms with van der Waals surface area (Å²) in [5.41, 5.74) is 0.266. The van der Waals surface area contributed by atoms with Crippen molar-refractivity contribution in [1.29, 1.82) is 0 Å². The Balaban J connectivity index is 3.85. The van der Waals surface area contributed by atoms with Gasteiger partial charge >= 0.3 is 5.97 Å². The Bertz CT molecular complexity index is 196. The molecular formula is C8H8O2. The van der Waals surface area contributed by atoms with Crippen molar-refractivity contribution in [3.8, 4) is 12.3 Å². The largest absolute Gasteiger partial charge is 0.432 e. The van der Waals surface area contributed by atoms with Gasteiger partial charge in [0, 0.05) is 12.0 Å².